The molecule has 0 aliphatic rings. The topological polar surface area (TPSA) is 68.0 Å². The molecule has 0 bridgehead atoms. The molecule has 1 amide bonds. The van der Waals surface area contributed by atoms with E-state index in [9.17, 15) is 4.79 Å². The Balaban J connectivity index is 0. The van der Waals surface area contributed by atoms with E-state index in [4.69, 9.17) is 5.73 Å². The van der Waals surface area contributed by atoms with Gasteiger partial charge in [-0.05, 0) is 20.3 Å². The minimum Gasteiger partial charge on any atom is -0.344 e. The van der Waals surface area contributed by atoms with Gasteiger partial charge in [0.2, 0.25) is 5.91 Å². The fraction of sp³-hybridized carbons (Fsp3) is 0.667. The van der Waals surface area contributed by atoms with Gasteiger partial charge in [0.1, 0.15) is 5.01 Å². The van der Waals surface area contributed by atoms with Crippen molar-refractivity contribution in [1.29, 1.82) is 0 Å². The van der Waals surface area contributed by atoms with Crippen LogP contribution in [0, 0.1) is 5.92 Å². The molecule has 4 nitrogen and oxygen atoms in total. The second kappa shape index (κ2) is 8.74. The van der Waals surface area contributed by atoms with Crippen molar-refractivity contribution in [2.75, 3.05) is 0 Å². The van der Waals surface area contributed by atoms with Gasteiger partial charge >= 0.3 is 0 Å². The van der Waals surface area contributed by atoms with Gasteiger partial charge in [0, 0.05) is 23.5 Å². The number of thiazole rings is 1. The van der Waals surface area contributed by atoms with Gasteiger partial charge in [0.15, 0.2) is 0 Å². The Labute approximate surface area is 131 Å². The summed E-state index contributed by atoms with van der Waals surface area (Å²) in [5.74, 6) is -0.208. The van der Waals surface area contributed by atoms with Crippen molar-refractivity contribution in [2.45, 2.75) is 45.7 Å². The molecule has 0 fully saturated rings. The van der Waals surface area contributed by atoms with Gasteiger partial charge in [-0.1, -0.05) is 13.8 Å². The van der Waals surface area contributed by atoms with Crippen molar-refractivity contribution in [2.24, 2.45) is 11.7 Å². The van der Waals surface area contributed by atoms with E-state index in [1.165, 1.54) is 0 Å². The van der Waals surface area contributed by atoms with Crippen molar-refractivity contribution in [3.63, 3.8) is 0 Å². The zero-order chi connectivity index (χ0) is 13.1. The van der Waals surface area contributed by atoms with Crippen molar-refractivity contribution >= 4 is 42.1 Å². The summed E-state index contributed by atoms with van der Waals surface area (Å²) >= 11 is 1.56. The third-order valence-electron chi connectivity index (χ3n) is 3.21. The number of aromatic nitrogens is 1. The molecule has 0 aliphatic heterocycles. The molecule has 1 aromatic rings. The van der Waals surface area contributed by atoms with Gasteiger partial charge < -0.3 is 11.1 Å². The molecule has 1 aromatic heterocycles. The average molecular weight is 328 g/mol. The molecule has 7 heteroatoms. The van der Waals surface area contributed by atoms with Crippen LogP contribution in [0.2, 0.25) is 0 Å². The number of hydrogen-bond acceptors (Lipinski definition) is 4. The Kier molecular flexibility index (Phi) is 9.64. The first kappa shape index (κ1) is 20.9. The number of carbonyl (C=O) groups is 1. The lowest BCUT2D eigenvalue weighted by atomic mass is 9.96. The van der Waals surface area contributed by atoms with E-state index in [-0.39, 0.29) is 42.7 Å². The standard InChI is InChI=1S/C12H21N3OS.2ClH/c1-5-12(4,11-14-6-7-17-11)15-10(16)8(2)9(3)13;;/h6-9H,5,13H2,1-4H3,(H,15,16);2*1H. The first-order valence-corrected chi connectivity index (χ1v) is 6.76. The molecular formula is C12H23Cl2N3OS. The molecule has 1 rings (SSSR count). The second-order valence-electron chi connectivity index (χ2n) is 4.66. The first-order valence-electron chi connectivity index (χ1n) is 5.88. The summed E-state index contributed by atoms with van der Waals surface area (Å²) in [5, 5.41) is 5.91. The van der Waals surface area contributed by atoms with Crippen molar-refractivity contribution in [3.8, 4) is 0 Å². The predicted molar refractivity (Wildman–Crippen MR) is 85.2 cm³/mol. The molecule has 0 spiro atoms. The number of halogens is 2. The van der Waals surface area contributed by atoms with Crippen LogP contribution in [0.15, 0.2) is 11.6 Å². The zero-order valence-corrected chi connectivity index (χ0v) is 14.1. The van der Waals surface area contributed by atoms with Crippen LogP contribution in [-0.4, -0.2) is 16.9 Å². The monoisotopic (exact) mass is 327 g/mol. The molecule has 3 atom stereocenters. The number of carbonyl (C=O) groups excluding carboxylic acids is 1. The first-order chi connectivity index (χ1) is 7.90. The molecular weight excluding hydrogens is 305 g/mol. The number of nitrogens with one attached hydrogen (secondary N) is 1. The molecule has 112 valence electrons. The summed E-state index contributed by atoms with van der Waals surface area (Å²) in [4.78, 5) is 16.3. The maximum Gasteiger partial charge on any atom is 0.225 e. The molecule has 0 saturated carbocycles. The molecule has 1 heterocycles. The van der Waals surface area contributed by atoms with Crippen LogP contribution in [0.5, 0.6) is 0 Å². The van der Waals surface area contributed by atoms with Crippen LogP contribution in [0.1, 0.15) is 39.1 Å². The van der Waals surface area contributed by atoms with Gasteiger partial charge in [0.05, 0.1) is 5.54 Å². The van der Waals surface area contributed by atoms with Gasteiger partial charge in [-0.25, -0.2) is 4.98 Å². The predicted octanol–water partition coefficient (Wildman–Crippen LogP) is 2.71. The van der Waals surface area contributed by atoms with Gasteiger partial charge in [0.25, 0.3) is 0 Å². The van der Waals surface area contributed by atoms with Gasteiger partial charge in [-0.15, -0.1) is 36.2 Å². The molecule has 0 aliphatic carbocycles. The van der Waals surface area contributed by atoms with E-state index in [0.717, 1.165) is 11.4 Å². The minimum absolute atomic E-state index is 0. The van der Waals surface area contributed by atoms with E-state index >= 15 is 0 Å². The molecule has 19 heavy (non-hydrogen) atoms. The van der Waals surface area contributed by atoms with Crippen LogP contribution in [0.3, 0.4) is 0 Å². The number of nitrogens with zero attached hydrogens (tertiary/aromatic N) is 1. The third kappa shape index (κ3) is 5.26. The molecule has 3 unspecified atom stereocenters. The lowest BCUT2D eigenvalue weighted by molar-refractivity contribution is -0.127. The normalized spacial score (nSPS) is 16.3. The number of rotatable bonds is 5. The van der Waals surface area contributed by atoms with Crippen LogP contribution in [0.25, 0.3) is 0 Å². The van der Waals surface area contributed by atoms with E-state index < -0.39 is 5.54 Å². The number of hydrogen-bond donors (Lipinski definition) is 2. The average Bonchev–Trinajstić information content (AvgIpc) is 2.81. The maximum atomic E-state index is 12.0. The summed E-state index contributed by atoms with van der Waals surface area (Å²) in [5.41, 5.74) is 5.35. The lowest BCUT2D eigenvalue weighted by Crippen LogP contribution is -2.48. The molecule has 3 N–H and O–H groups in total. The third-order valence-corrected chi connectivity index (χ3v) is 4.25. The lowest BCUT2D eigenvalue weighted by Gasteiger charge is -2.29. The van der Waals surface area contributed by atoms with Crippen molar-refractivity contribution in [1.82, 2.24) is 10.3 Å². The Bertz CT molecular complexity index is 373. The van der Waals surface area contributed by atoms with E-state index in [1.54, 1.807) is 17.5 Å². The highest BCUT2D eigenvalue weighted by atomic mass is 35.5. The maximum absolute atomic E-state index is 12.0. The van der Waals surface area contributed by atoms with E-state index in [2.05, 4.69) is 10.3 Å². The van der Waals surface area contributed by atoms with Crippen LogP contribution in [0.4, 0.5) is 0 Å². The van der Waals surface area contributed by atoms with Gasteiger partial charge in [-0.2, -0.15) is 0 Å². The number of nitrogens with two attached hydrogens (primary N) is 1. The second-order valence-corrected chi connectivity index (χ2v) is 5.55. The summed E-state index contributed by atoms with van der Waals surface area (Å²) in [6.45, 7) is 7.73. The largest absolute Gasteiger partial charge is 0.344 e. The SMILES string of the molecule is CCC(C)(NC(=O)C(C)C(C)N)c1nccs1.Cl.Cl. The Hall–Kier alpha value is -0.360. The number of amides is 1. The van der Waals surface area contributed by atoms with E-state index in [1.807, 2.05) is 33.1 Å². The Morgan fingerprint density at radius 1 is 1.53 bits per heavy atom. The van der Waals surface area contributed by atoms with Crippen molar-refractivity contribution < 1.29 is 4.79 Å². The Morgan fingerprint density at radius 3 is 2.47 bits per heavy atom. The highest BCUT2D eigenvalue weighted by molar-refractivity contribution is 7.09. The minimum atomic E-state index is -0.394. The van der Waals surface area contributed by atoms with E-state index in [0.29, 0.717) is 0 Å². The summed E-state index contributed by atoms with van der Waals surface area (Å²) in [6, 6.07) is -0.146. The quantitative estimate of drug-likeness (QED) is 0.873. The van der Waals surface area contributed by atoms with Crippen LogP contribution in [-0.2, 0) is 10.3 Å². The fourth-order valence-electron chi connectivity index (χ4n) is 1.41. The summed E-state index contributed by atoms with van der Waals surface area (Å²) in [6.07, 6.45) is 2.56. The molecule has 0 aromatic carbocycles. The highest BCUT2D eigenvalue weighted by Gasteiger charge is 2.31. The zero-order valence-electron chi connectivity index (χ0n) is 11.7. The van der Waals surface area contributed by atoms with Crippen LogP contribution < -0.4 is 11.1 Å². The highest BCUT2D eigenvalue weighted by Crippen LogP contribution is 2.26. The fourth-order valence-corrected chi connectivity index (χ4v) is 2.24. The summed E-state index contributed by atoms with van der Waals surface area (Å²) < 4.78 is 0. The van der Waals surface area contributed by atoms with Gasteiger partial charge in [-0.3, -0.25) is 4.79 Å². The molecule has 0 radical (unpaired) electrons. The van der Waals surface area contributed by atoms with Crippen LogP contribution >= 0.6 is 36.2 Å². The van der Waals surface area contributed by atoms with Crippen molar-refractivity contribution in [3.05, 3.63) is 16.6 Å². The smallest absolute Gasteiger partial charge is 0.225 e. The molecule has 0 saturated heterocycles. The summed E-state index contributed by atoms with van der Waals surface area (Å²) in [7, 11) is 0. The Morgan fingerprint density at radius 2 is 2.11 bits per heavy atom.